The minimum absolute atomic E-state index is 0.0184. The molecular weight excluding hydrogens is 456 g/mol. The monoisotopic (exact) mass is 484 g/mol. The van der Waals surface area contributed by atoms with E-state index in [-0.39, 0.29) is 17.5 Å². The molecule has 4 aromatic rings. The van der Waals surface area contributed by atoms with E-state index in [1.807, 2.05) is 56.3 Å². The normalized spacial score (nSPS) is 15.6. The number of methoxy groups -OCH3 is 1. The lowest BCUT2D eigenvalue weighted by Gasteiger charge is -2.13. The van der Waals surface area contributed by atoms with Crippen LogP contribution < -0.4 is 20.9 Å². The Bertz CT molecular complexity index is 1530. The van der Waals surface area contributed by atoms with Crippen molar-refractivity contribution >= 4 is 17.0 Å². The summed E-state index contributed by atoms with van der Waals surface area (Å²) in [6.45, 7) is 6.08. The summed E-state index contributed by atoms with van der Waals surface area (Å²) in [5, 5.41) is 0. The highest BCUT2D eigenvalue weighted by Gasteiger charge is 2.29. The largest absolute Gasteiger partial charge is 0.496 e. The lowest BCUT2D eigenvalue weighted by Crippen LogP contribution is -2.29. The van der Waals surface area contributed by atoms with E-state index in [2.05, 4.69) is 26.7 Å². The molecular formula is C27H28N6O3. The smallest absolute Gasteiger partial charge is 0.335 e. The first-order valence-electron chi connectivity index (χ1n) is 11.8. The Labute approximate surface area is 209 Å². The van der Waals surface area contributed by atoms with E-state index in [1.165, 1.54) is 6.33 Å². The van der Waals surface area contributed by atoms with Gasteiger partial charge in [-0.25, -0.2) is 14.8 Å². The van der Waals surface area contributed by atoms with Crippen molar-refractivity contribution in [3.8, 4) is 34.8 Å². The second kappa shape index (κ2) is 9.76. The van der Waals surface area contributed by atoms with Crippen molar-refractivity contribution in [1.29, 1.82) is 0 Å². The van der Waals surface area contributed by atoms with Crippen LogP contribution in [-0.2, 0) is 0 Å². The summed E-state index contributed by atoms with van der Waals surface area (Å²) in [6, 6.07) is 12.9. The molecule has 0 aliphatic carbocycles. The standard InChI is InChI=1S/C27H28N6O3/c1-4-5-13-31-14-12-20(16-31)33-26-24(25(28)29-17-30-26)32(27(33)34)19-6-8-21(9-7-19)36-22-10-11-23(35-3)18(2)15-22/h6-11,15,17,20H,12-14,16H2,1-3H3,(H2,28,29,30)/t20-/m1/s1. The van der Waals surface area contributed by atoms with Crippen LogP contribution in [0.5, 0.6) is 17.2 Å². The lowest BCUT2D eigenvalue weighted by atomic mass is 10.2. The van der Waals surface area contributed by atoms with Crippen molar-refractivity contribution in [3.05, 3.63) is 64.8 Å². The van der Waals surface area contributed by atoms with Crippen LogP contribution in [-0.4, -0.2) is 50.7 Å². The highest BCUT2D eigenvalue weighted by atomic mass is 16.5. The number of benzene rings is 2. The molecule has 0 unspecified atom stereocenters. The molecule has 2 aromatic heterocycles. The van der Waals surface area contributed by atoms with Gasteiger partial charge in [0.05, 0.1) is 25.4 Å². The summed E-state index contributed by atoms with van der Waals surface area (Å²) in [5.41, 5.74) is 8.75. The Kier molecular flexibility index (Phi) is 6.36. The van der Waals surface area contributed by atoms with Gasteiger partial charge in [0.1, 0.15) is 29.1 Å². The number of ether oxygens (including phenoxy) is 2. The number of fused-ring (bicyclic) bond motifs is 1. The fourth-order valence-electron chi connectivity index (χ4n) is 4.71. The van der Waals surface area contributed by atoms with Crippen molar-refractivity contribution < 1.29 is 9.47 Å². The minimum atomic E-state index is -0.190. The quantitative estimate of drug-likeness (QED) is 0.418. The van der Waals surface area contributed by atoms with Gasteiger partial charge < -0.3 is 15.2 Å². The fourth-order valence-corrected chi connectivity index (χ4v) is 4.71. The molecule has 0 spiro atoms. The molecule has 9 heteroatoms. The third-order valence-electron chi connectivity index (χ3n) is 6.47. The van der Waals surface area contributed by atoms with Gasteiger partial charge in [0, 0.05) is 13.1 Å². The molecule has 2 aromatic carbocycles. The Morgan fingerprint density at radius 2 is 1.92 bits per heavy atom. The van der Waals surface area contributed by atoms with Gasteiger partial charge in [-0.15, -0.1) is 5.92 Å². The molecule has 0 saturated carbocycles. The zero-order chi connectivity index (χ0) is 25.2. The number of anilines is 1. The van der Waals surface area contributed by atoms with Crippen molar-refractivity contribution in [1.82, 2.24) is 24.0 Å². The van der Waals surface area contributed by atoms with Crippen molar-refractivity contribution in [2.75, 3.05) is 32.5 Å². The van der Waals surface area contributed by atoms with Crippen LogP contribution in [0.25, 0.3) is 16.9 Å². The third-order valence-corrected chi connectivity index (χ3v) is 6.47. The highest BCUT2D eigenvalue weighted by molar-refractivity contribution is 5.84. The van der Waals surface area contributed by atoms with Crippen LogP contribution in [0.3, 0.4) is 0 Å². The molecule has 5 rings (SSSR count). The third kappa shape index (κ3) is 4.27. The Morgan fingerprint density at radius 1 is 1.14 bits per heavy atom. The van der Waals surface area contributed by atoms with Crippen LogP contribution in [0.2, 0.25) is 0 Å². The van der Waals surface area contributed by atoms with Gasteiger partial charge in [-0.2, -0.15) is 0 Å². The molecule has 1 saturated heterocycles. The number of nitrogens with zero attached hydrogens (tertiary/aromatic N) is 5. The SMILES string of the molecule is CC#CCN1CC[C@@H](n2c(=O)n(-c3ccc(Oc4ccc(OC)c(C)c4)cc3)c3c(N)ncnc32)C1. The summed E-state index contributed by atoms with van der Waals surface area (Å²) in [5.74, 6) is 8.45. The summed E-state index contributed by atoms with van der Waals surface area (Å²) in [6.07, 6.45) is 2.24. The second-order valence-corrected chi connectivity index (χ2v) is 8.75. The van der Waals surface area contributed by atoms with E-state index in [9.17, 15) is 4.79 Å². The van der Waals surface area contributed by atoms with Crippen LogP contribution in [0.4, 0.5) is 5.82 Å². The predicted molar refractivity (Wildman–Crippen MR) is 139 cm³/mol. The summed E-state index contributed by atoms with van der Waals surface area (Å²) < 4.78 is 14.7. The Hall–Kier alpha value is -4.29. The molecule has 1 fully saturated rings. The molecule has 3 heterocycles. The first-order chi connectivity index (χ1) is 17.5. The molecule has 1 atom stereocenters. The van der Waals surface area contributed by atoms with Crippen LogP contribution in [0, 0.1) is 18.8 Å². The van der Waals surface area contributed by atoms with Gasteiger partial charge in [-0.1, -0.05) is 5.92 Å². The maximum atomic E-state index is 13.7. The number of likely N-dealkylation sites (tertiary alicyclic amines) is 1. The summed E-state index contributed by atoms with van der Waals surface area (Å²) >= 11 is 0. The molecule has 2 N–H and O–H groups in total. The van der Waals surface area contributed by atoms with E-state index >= 15 is 0 Å². The number of hydrogen-bond acceptors (Lipinski definition) is 7. The summed E-state index contributed by atoms with van der Waals surface area (Å²) in [7, 11) is 1.64. The van der Waals surface area contributed by atoms with Gasteiger partial charge in [0.15, 0.2) is 11.5 Å². The number of aryl methyl sites for hydroxylation is 1. The maximum absolute atomic E-state index is 13.7. The zero-order valence-electron chi connectivity index (χ0n) is 20.6. The Balaban J connectivity index is 1.49. The van der Waals surface area contributed by atoms with Crippen molar-refractivity contribution in [2.24, 2.45) is 0 Å². The van der Waals surface area contributed by atoms with Gasteiger partial charge in [-0.3, -0.25) is 14.0 Å². The van der Waals surface area contributed by atoms with Crippen molar-refractivity contribution in [2.45, 2.75) is 26.3 Å². The molecule has 0 amide bonds. The van der Waals surface area contributed by atoms with Crippen LogP contribution in [0.15, 0.2) is 53.6 Å². The molecule has 184 valence electrons. The fraction of sp³-hybridized carbons (Fsp3) is 0.296. The van der Waals surface area contributed by atoms with Crippen LogP contribution >= 0.6 is 0 Å². The molecule has 0 bridgehead atoms. The molecule has 1 aliphatic heterocycles. The average Bonchev–Trinajstić information content (AvgIpc) is 3.45. The van der Waals surface area contributed by atoms with E-state index < -0.39 is 0 Å². The van der Waals surface area contributed by atoms with E-state index in [0.717, 1.165) is 30.8 Å². The van der Waals surface area contributed by atoms with Crippen molar-refractivity contribution in [3.63, 3.8) is 0 Å². The number of rotatable bonds is 6. The maximum Gasteiger partial charge on any atom is 0.335 e. The van der Waals surface area contributed by atoms with Gasteiger partial charge >= 0.3 is 5.69 Å². The second-order valence-electron chi connectivity index (χ2n) is 8.75. The number of hydrogen-bond donors (Lipinski definition) is 1. The summed E-state index contributed by atoms with van der Waals surface area (Å²) in [4.78, 5) is 24.6. The number of imidazole rings is 1. The molecule has 0 radical (unpaired) electrons. The molecule has 36 heavy (non-hydrogen) atoms. The highest BCUT2D eigenvalue weighted by Crippen LogP contribution is 2.30. The van der Waals surface area contributed by atoms with Gasteiger partial charge in [0.2, 0.25) is 0 Å². The predicted octanol–water partition coefficient (Wildman–Crippen LogP) is 3.54. The van der Waals surface area contributed by atoms with Crippen LogP contribution in [0.1, 0.15) is 24.9 Å². The molecule has 9 nitrogen and oxygen atoms in total. The first-order valence-corrected chi connectivity index (χ1v) is 11.8. The molecule has 1 aliphatic rings. The minimum Gasteiger partial charge on any atom is -0.496 e. The number of aromatic nitrogens is 4. The van der Waals surface area contributed by atoms with E-state index in [1.54, 1.807) is 16.2 Å². The zero-order valence-corrected chi connectivity index (χ0v) is 20.6. The lowest BCUT2D eigenvalue weighted by molar-refractivity contribution is 0.362. The number of nitrogen functional groups attached to an aromatic ring is 1. The van der Waals surface area contributed by atoms with Gasteiger partial charge in [0.25, 0.3) is 0 Å². The van der Waals surface area contributed by atoms with Gasteiger partial charge in [-0.05, 0) is 68.3 Å². The Morgan fingerprint density at radius 3 is 2.64 bits per heavy atom. The first kappa shape index (κ1) is 23.5. The average molecular weight is 485 g/mol. The van der Waals surface area contributed by atoms with E-state index in [4.69, 9.17) is 15.2 Å². The van der Waals surface area contributed by atoms with E-state index in [0.29, 0.717) is 34.9 Å². The number of nitrogens with two attached hydrogens (primary N) is 1. The topological polar surface area (TPSA) is 100 Å².